The van der Waals surface area contributed by atoms with Gasteiger partial charge in [-0.25, -0.2) is 0 Å². The maximum Gasteiger partial charge on any atom is 0.0943 e. The molecule has 16 heavy (non-hydrogen) atoms. The van der Waals surface area contributed by atoms with Crippen LogP contribution in [0.15, 0.2) is 11.6 Å². The third-order valence-electron chi connectivity index (χ3n) is 5.63. The number of rotatable bonds is 0. The van der Waals surface area contributed by atoms with Crippen LogP contribution in [0.5, 0.6) is 0 Å². The highest BCUT2D eigenvalue weighted by atomic mass is 14.7. The lowest BCUT2D eigenvalue weighted by Crippen LogP contribution is -2.68. The summed E-state index contributed by atoms with van der Waals surface area (Å²) >= 11 is 0. The maximum atomic E-state index is 9.54. The van der Waals surface area contributed by atoms with Crippen LogP contribution in [0, 0.1) is 44.8 Å². The highest BCUT2D eigenvalue weighted by molar-refractivity contribution is 5.36. The highest BCUT2D eigenvalue weighted by Gasteiger charge is 2.71. The van der Waals surface area contributed by atoms with Gasteiger partial charge in [-0.1, -0.05) is 33.8 Å². The van der Waals surface area contributed by atoms with E-state index in [1.165, 1.54) is 0 Å². The number of nitrogens with zero attached hydrogens (tertiary/aromatic N) is 2. The van der Waals surface area contributed by atoms with Gasteiger partial charge in [-0.3, -0.25) is 0 Å². The third kappa shape index (κ3) is 0.914. The van der Waals surface area contributed by atoms with Crippen LogP contribution >= 0.6 is 0 Å². The van der Waals surface area contributed by atoms with Gasteiger partial charge < -0.3 is 0 Å². The van der Waals surface area contributed by atoms with Gasteiger partial charge in [-0.05, 0) is 29.6 Å². The zero-order valence-electron chi connectivity index (χ0n) is 10.5. The third-order valence-corrected chi connectivity index (χ3v) is 5.63. The van der Waals surface area contributed by atoms with Crippen LogP contribution in [-0.2, 0) is 0 Å². The fourth-order valence-corrected chi connectivity index (χ4v) is 3.75. The fourth-order valence-electron chi connectivity index (χ4n) is 3.75. The number of allylic oxidation sites excluding steroid dienone is 2. The number of fused-ring (bicyclic) bond motifs is 1. The predicted molar refractivity (Wildman–Crippen MR) is 62.0 cm³/mol. The standard InChI is InChI=1S/C14H18N2/c1-12(2)11-7-10(8-15)5-6-14(11,9-16)13(12,3)4/h5,11H,6-7H2,1-4H3. The van der Waals surface area contributed by atoms with Gasteiger partial charge in [-0.15, -0.1) is 0 Å². The molecule has 0 spiro atoms. The molecular formula is C14H18N2. The summed E-state index contributed by atoms with van der Waals surface area (Å²) in [4.78, 5) is 0. The van der Waals surface area contributed by atoms with E-state index in [4.69, 9.17) is 5.26 Å². The van der Waals surface area contributed by atoms with Gasteiger partial charge in [0.25, 0.3) is 0 Å². The van der Waals surface area contributed by atoms with Crippen molar-refractivity contribution >= 4 is 0 Å². The highest BCUT2D eigenvalue weighted by Crippen LogP contribution is 2.75. The fraction of sp³-hybridized carbons (Fsp3) is 0.714. The van der Waals surface area contributed by atoms with Gasteiger partial charge in [0.1, 0.15) is 0 Å². The Kier molecular flexibility index (Phi) is 2.02. The average molecular weight is 214 g/mol. The van der Waals surface area contributed by atoms with Gasteiger partial charge in [-0.2, -0.15) is 10.5 Å². The molecule has 0 saturated heterocycles. The molecule has 1 fully saturated rings. The SMILES string of the molecule is CC1(C)C2CC(C#N)=CCC2(C#N)C1(C)C. The number of hydrogen-bond acceptors (Lipinski definition) is 2. The molecule has 0 aliphatic heterocycles. The zero-order valence-corrected chi connectivity index (χ0v) is 10.5. The molecule has 2 unspecified atom stereocenters. The maximum absolute atomic E-state index is 9.54. The largest absolute Gasteiger partial charge is 0.198 e. The van der Waals surface area contributed by atoms with Crippen LogP contribution in [0.3, 0.4) is 0 Å². The summed E-state index contributed by atoms with van der Waals surface area (Å²) in [6, 6.07) is 4.80. The first-order valence-electron chi connectivity index (χ1n) is 5.84. The van der Waals surface area contributed by atoms with E-state index in [9.17, 15) is 5.26 Å². The summed E-state index contributed by atoms with van der Waals surface area (Å²) in [6.07, 6.45) is 3.49. The lowest BCUT2D eigenvalue weighted by atomic mass is 9.31. The topological polar surface area (TPSA) is 47.6 Å². The predicted octanol–water partition coefficient (Wildman–Crippen LogP) is 3.42. The zero-order chi connectivity index (χ0) is 12.2. The lowest BCUT2D eigenvalue weighted by molar-refractivity contribution is -0.214. The second kappa shape index (κ2) is 2.89. The van der Waals surface area contributed by atoms with E-state index in [1.807, 2.05) is 6.08 Å². The van der Waals surface area contributed by atoms with Crippen LogP contribution in [0.1, 0.15) is 40.5 Å². The molecule has 2 aliphatic rings. The molecule has 1 saturated carbocycles. The Hall–Kier alpha value is -1.28. The van der Waals surface area contributed by atoms with Gasteiger partial charge >= 0.3 is 0 Å². The van der Waals surface area contributed by atoms with Crippen molar-refractivity contribution in [3.8, 4) is 12.1 Å². The summed E-state index contributed by atoms with van der Waals surface area (Å²) in [5.41, 5.74) is 0.770. The molecule has 2 rings (SSSR count). The van der Waals surface area contributed by atoms with Crippen molar-refractivity contribution in [1.82, 2.24) is 0 Å². The van der Waals surface area contributed by atoms with E-state index in [1.54, 1.807) is 0 Å². The van der Waals surface area contributed by atoms with Crippen molar-refractivity contribution in [2.24, 2.45) is 22.2 Å². The van der Waals surface area contributed by atoms with Crippen molar-refractivity contribution < 1.29 is 0 Å². The average Bonchev–Trinajstić information content (AvgIpc) is 2.27. The molecule has 0 aromatic rings. The van der Waals surface area contributed by atoms with Crippen LogP contribution < -0.4 is 0 Å². The molecule has 2 heteroatoms. The first-order valence-corrected chi connectivity index (χ1v) is 5.84. The van der Waals surface area contributed by atoms with Crippen LogP contribution in [-0.4, -0.2) is 0 Å². The molecule has 2 atom stereocenters. The summed E-state index contributed by atoms with van der Waals surface area (Å²) in [6.45, 7) is 8.84. The monoisotopic (exact) mass is 214 g/mol. The molecule has 0 bridgehead atoms. The first kappa shape index (κ1) is 11.2. The van der Waals surface area contributed by atoms with E-state index in [0.29, 0.717) is 5.92 Å². The van der Waals surface area contributed by atoms with Gasteiger partial charge in [0, 0.05) is 5.57 Å². The Bertz CT molecular complexity index is 442. The van der Waals surface area contributed by atoms with Crippen molar-refractivity contribution in [1.29, 1.82) is 10.5 Å². The molecule has 2 nitrogen and oxygen atoms in total. The summed E-state index contributed by atoms with van der Waals surface area (Å²) in [5.74, 6) is 0.333. The lowest BCUT2D eigenvalue weighted by Gasteiger charge is -2.70. The molecule has 0 radical (unpaired) electrons. The summed E-state index contributed by atoms with van der Waals surface area (Å²) in [7, 11) is 0. The Morgan fingerprint density at radius 2 is 1.88 bits per heavy atom. The Labute approximate surface area is 97.6 Å². The molecule has 0 aromatic carbocycles. The van der Waals surface area contributed by atoms with E-state index in [0.717, 1.165) is 18.4 Å². The molecule has 0 amide bonds. The summed E-state index contributed by atoms with van der Waals surface area (Å²) in [5, 5.41) is 18.5. The van der Waals surface area contributed by atoms with E-state index < -0.39 is 0 Å². The Morgan fingerprint density at radius 3 is 2.38 bits per heavy atom. The quantitative estimate of drug-likeness (QED) is 0.620. The minimum atomic E-state index is -0.253. The minimum absolute atomic E-state index is 0.0247. The van der Waals surface area contributed by atoms with Crippen LogP contribution in [0.4, 0.5) is 0 Å². The van der Waals surface area contributed by atoms with E-state index >= 15 is 0 Å². The molecule has 0 N–H and O–H groups in total. The second-order valence-corrected chi connectivity index (χ2v) is 6.23. The van der Waals surface area contributed by atoms with Crippen molar-refractivity contribution in [3.05, 3.63) is 11.6 Å². The molecule has 2 aliphatic carbocycles. The first-order chi connectivity index (χ1) is 7.33. The minimum Gasteiger partial charge on any atom is -0.198 e. The molecule has 0 aromatic heterocycles. The second-order valence-electron chi connectivity index (χ2n) is 6.23. The normalized spacial score (nSPS) is 38.4. The number of nitriles is 2. The van der Waals surface area contributed by atoms with Gasteiger partial charge in [0.2, 0.25) is 0 Å². The van der Waals surface area contributed by atoms with Crippen molar-refractivity contribution in [2.45, 2.75) is 40.5 Å². The smallest absolute Gasteiger partial charge is 0.0943 e. The van der Waals surface area contributed by atoms with Crippen LogP contribution in [0.25, 0.3) is 0 Å². The molecule has 0 heterocycles. The summed E-state index contributed by atoms with van der Waals surface area (Å²) < 4.78 is 0. The number of hydrogen-bond donors (Lipinski definition) is 0. The van der Waals surface area contributed by atoms with E-state index in [2.05, 4.69) is 39.8 Å². The molecule has 84 valence electrons. The Morgan fingerprint density at radius 1 is 1.25 bits per heavy atom. The van der Waals surface area contributed by atoms with Gasteiger partial charge in [0.05, 0.1) is 17.6 Å². The van der Waals surface area contributed by atoms with Crippen molar-refractivity contribution in [2.75, 3.05) is 0 Å². The van der Waals surface area contributed by atoms with Crippen LogP contribution in [0.2, 0.25) is 0 Å². The molecular weight excluding hydrogens is 196 g/mol. The van der Waals surface area contributed by atoms with Crippen molar-refractivity contribution in [3.63, 3.8) is 0 Å². The van der Waals surface area contributed by atoms with E-state index in [-0.39, 0.29) is 16.2 Å². The van der Waals surface area contributed by atoms with Gasteiger partial charge in [0.15, 0.2) is 0 Å². The Balaban J connectivity index is 2.48.